The Hall–Kier alpha value is -3.54. The molecule has 0 aliphatic heterocycles. The SMILES string of the molecule is COc1cc(-c2ccc(-c3ccc(C(=O)O)cc3)nc2)cc(OC)c1OC. The molecule has 0 spiro atoms. The maximum atomic E-state index is 11.0. The van der Waals surface area contributed by atoms with Gasteiger partial charge in [0.25, 0.3) is 0 Å². The van der Waals surface area contributed by atoms with Gasteiger partial charge >= 0.3 is 5.97 Å². The Balaban J connectivity index is 1.94. The summed E-state index contributed by atoms with van der Waals surface area (Å²) in [5.74, 6) is 0.722. The van der Waals surface area contributed by atoms with E-state index in [-0.39, 0.29) is 5.56 Å². The van der Waals surface area contributed by atoms with Crippen LogP contribution in [0.1, 0.15) is 10.4 Å². The third-order valence-electron chi connectivity index (χ3n) is 4.19. The minimum absolute atomic E-state index is 0.243. The average molecular weight is 365 g/mol. The quantitative estimate of drug-likeness (QED) is 0.707. The summed E-state index contributed by atoms with van der Waals surface area (Å²) in [6.07, 6.45) is 1.75. The third kappa shape index (κ3) is 3.69. The lowest BCUT2D eigenvalue weighted by Crippen LogP contribution is -1.96. The first-order chi connectivity index (χ1) is 13.1. The maximum Gasteiger partial charge on any atom is 0.335 e. The molecule has 0 amide bonds. The molecule has 1 aromatic heterocycles. The zero-order valence-corrected chi connectivity index (χ0v) is 15.2. The van der Waals surface area contributed by atoms with Gasteiger partial charge in [-0.2, -0.15) is 0 Å². The van der Waals surface area contributed by atoms with Crippen LogP contribution in [-0.4, -0.2) is 37.4 Å². The summed E-state index contributed by atoms with van der Waals surface area (Å²) in [6.45, 7) is 0. The van der Waals surface area contributed by atoms with Crippen molar-refractivity contribution in [2.75, 3.05) is 21.3 Å². The number of nitrogens with zero attached hydrogens (tertiary/aromatic N) is 1. The standard InChI is InChI=1S/C21H19NO5/c1-25-18-10-16(11-19(26-2)20(18)27-3)15-8-9-17(22-12-15)13-4-6-14(7-5-13)21(23)24/h4-12H,1-3H3,(H,23,24). The number of ether oxygens (including phenoxy) is 3. The predicted octanol–water partition coefficient (Wildman–Crippen LogP) is 4.14. The van der Waals surface area contributed by atoms with Gasteiger partial charge in [0.1, 0.15) is 0 Å². The Kier molecular flexibility index (Phi) is 5.26. The number of hydrogen-bond acceptors (Lipinski definition) is 5. The Morgan fingerprint density at radius 1 is 0.815 bits per heavy atom. The lowest BCUT2D eigenvalue weighted by molar-refractivity contribution is 0.0697. The van der Waals surface area contributed by atoms with E-state index in [1.165, 1.54) is 0 Å². The molecule has 0 aliphatic rings. The third-order valence-corrected chi connectivity index (χ3v) is 4.19. The van der Waals surface area contributed by atoms with Gasteiger partial charge in [-0.3, -0.25) is 4.98 Å². The summed E-state index contributed by atoms with van der Waals surface area (Å²) in [5, 5.41) is 8.99. The molecular formula is C21H19NO5. The zero-order valence-electron chi connectivity index (χ0n) is 15.2. The molecule has 0 unspecified atom stereocenters. The summed E-state index contributed by atoms with van der Waals surface area (Å²) in [4.78, 5) is 15.4. The number of methoxy groups -OCH3 is 3. The zero-order chi connectivity index (χ0) is 19.4. The van der Waals surface area contributed by atoms with Crippen molar-refractivity contribution in [1.82, 2.24) is 4.98 Å². The Bertz CT molecular complexity index is 924. The van der Waals surface area contributed by atoms with Crippen LogP contribution in [0.3, 0.4) is 0 Å². The molecule has 0 radical (unpaired) electrons. The fourth-order valence-electron chi connectivity index (χ4n) is 2.77. The van der Waals surface area contributed by atoms with Gasteiger partial charge in [-0.05, 0) is 35.9 Å². The van der Waals surface area contributed by atoms with Crippen molar-refractivity contribution < 1.29 is 24.1 Å². The summed E-state index contributed by atoms with van der Waals surface area (Å²) < 4.78 is 16.1. The highest BCUT2D eigenvalue weighted by atomic mass is 16.5. The van der Waals surface area contributed by atoms with Gasteiger partial charge in [0.2, 0.25) is 5.75 Å². The molecule has 3 rings (SSSR count). The molecular weight excluding hydrogens is 346 g/mol. The normalized spacial score (nSPS) is 10.3. The highest BCUT2D eigenvalue weighted by Gasteiger charge is 2.14. The number of carboxylic acids is 1. The van der Waals surface area contributed by atoms with Gasteiger partial charge < -0.3 is 19.3 Å². The maximum absolute atomic E-state index is 11.0. The van der Waals surface area contributed by atoms with Gasteiger partial charge in [-0.25, -0.2) is 4.79 Å². The van der Waals surface area contributed by atoms with Gasteiger partial charge in [0.05, 0.1) is 32.6 Å². The van der Waals surface area contributed by atoms with Crippen LogP contribution in [0, 0.1) is 0 Å². The number of carbonyl (C=O) groups is 1. The first-order valence-corrected chi connectivity index (χ1v) is 8.17. The van der Waals surface area contributed by atoms with Gasteiger partial charge in [-0.1, -0.05) is 18.2 Å². The van der Waals surface area contributed by atoms with Crippen molar-refractivity contribution in [1.29, 1.82) is 0 Å². The molecule has 0 fully saturated rings. The van der Waals surface area contributed by atoms with Crippen LogP contribution in [0.15, 0.2) is 54.7 Å². The minimum Gasteiger partial charge on any atom is -0.493 e. The molecule has 138 valence electrons. The van der Waals surface area contributed by atoms with E-state index in [1.54, 1.807) is 51.8 Å². The molecule has 0 saturated heterocycles. The molecule has 0 saturated carbocycles. The van der Waals surface area contributed by atoms with Crippen molar-refractivity contribution in [3.8, 4) is 39.6 Å². The molecule has 1 heterocycles. The highest BCUT2D eigenvalue weighted by molar-refractivity contribution is 5.88. The van der Waals surface area contributed by atoms with E-state index in [0.29, 0.717) is 17.2 Å². The number of benzene rings is 2. The monoisotopic (exact) mass is 365 g/mol. The number of rotatable bonds is 6. The van der Waals surface area contributed by atoms with Crippen LogP contribution in [-0.2, 0) is 0 Å². The summed E-state index contributed by atoms with van der Waals surface area (Å²) in [5.41, 5.74) is 3.61. The van der Waals surface area contributed by atoms with Crippen LogP contribution >= 0.6 is 0 Å². The highest BCUT2D eigenvalue weighted by Crippen LogP contribution is 2.41. The van der Waals surface area contributed by atoms with Crippen molar-refractivity contribution >= 4 is 5.97 Å². The van der Waals surface area contributed by atoms with Crippen molar-refractivity contribution in [2.45, 2.75) is 0 Å². The van der Waals surface area contributed by atoms with Crippen molar-refractivity contribution in [3.05, 3.63) is 60.3 Å². The van der Waals surface area contributed by atoms with Crippen LogP contribution in [0.4, 0.5) is 0 Å². The number of pyridine rings is 1. The van der Waals surface area contributed by atoms with Crippen LogP contribution < -0.4 is 14.2 Å². The number of aromatic carboxylic acids is 1. The summed E-state index contributed by atoms with van der Waals surface area (Å²) in [7, 11) is 4.71. The fraction of sp³-hybridized carbons (Fsp3) is 0.143. The largest absolute Gasteiger partial charge is 0.493 e. The van der Waals surface area contributed by atoms with E-state index in [4.69, 9.17) is 19.3 Å². The molecule has 0 atom stereocenters. The molecule has 0 bridgehead atoms. The van der Waals surface area contributed by atoms with Gasteiger partial charge in [0.15, 0.2) is 11.5 Å². The van der Waals surface area contributed by atoms with E-state index in [9.17, 15) is 4.79 Å². The Morgan fingerprint density at radius 3 is 1.85 bits per heavy atom. The van der Waals surface area contributed by atoms with Crippen LogP contribution in [0.2, 0.25) is 0 Å². The summed E-state index contributed by atoms with van der Waals surface area (Å²) >= 11 is 0. The molecule has 27 heavy (non-hydrogen) atoms. The topological polar surface area (TPSA) is 77.9 Å². The molecule has 0 aliphatic carbocycles. The van der Waals surface area contributed by atoms with Gasteiger partial charge in [-0.15, -0.1) is 0 Å². The molecule has 3 aromatic rings. The minimum atomic E-state index is -0.952. The lowest BCUT2D eigenvalue weighted by Gasteiger charge is -2.14. The number of carboxylic acid groups (broad SMARTS) is 1. The molecule has 6 nitrogen and oxygen atoms in total. The first-order valence-electron chi connectivity index (χ1n) is 8.17. The Labute approximate surface area is 157 Å². The van der Waals surface area contributed by atoms with Crippen molar-refractivity contribution in [2.24, 2.45) is 0 Å². The first kappa shape index (κ1) is 18.3. The average Bonchev–Trinajstić information content (AvgIpc) is 2.72. The number of aromatic nitrogens is 1. The molecule has 6 heteroatoms. The van der Waals surface area contributed by atoms with E-state index < -0.39 is 5.97 Å². The van der Waals surface area contributed by atoms with Gasteiger partial charge in [0, 0.05) is 17.3 Å². The van der Waals surface area contributed by atoms with E-state index in [0.717, 1.165) is 22.4 Å². The van der Waals surface area contributed by atoms with E-state index >= 15 is 0 Å². The summed E-state index contributed by atoms with van der Waals surface area (Å²) in [6, 6.07) is 14.1. The molecule has 1 N–H and O–H groups in total. The molecule has 2 aromatic carbocycles. The second kappa shape index (κ2) is 7.78. The lowest BCUT2D eigenvalue weighted by atomic mass is 10.0. The van der Waals surface area contributed by atoms with E-state index in [2.05, 4.69) is 4.98 Å². The smallest absolute Gasteiger partial charge is 0.335 e. The second-order valence-electron chi connectivity index (χ2n) is 5.73. The van der Waals surface area contributed by atoms with Crippen LogP contribution in [0.25, 0.3) is 22.4 Å². The Morgan fingerprint density at radius 2 is 1.41 bits per heavy atom. The van der Waals surface area contributed by atoms with Crippen LogP contribution in [0.5, 0.6) is 17.2 Å². The van der Waals surface area contributed by atoms with Crippen molar-refractivity contribution in [3.63, 3.8) is 0 Å². The fourth-order valence-corrected chi connectivity index (χ4v) is 2.77. The van der Waals surface area contributed by atoms with E-state index in [1.807, 2.05) is 24.3 Å². The number of hydrogen-bond donors (Lipinski definition) is 1. The second-order valence-corrected chi connectivity index (χ2v) is 5.73. The predicted molar refractivity (Wildman–Crippen MR) is 102 cm³/mol.